The summed E-state index contributed by atoms with van der Waals surface area (Å²) >= 11 is 9.36. The fourth-order valence-electron chi connectivity index (χ4n) is 1.77. The van der Waals surface area contributed by atoms with Crippen LogP contribution < -0.4 is 0 Å². The fourth-order valence-corrected chi connectivity index (χ4v) is 2.22. The van der Waals surface area contributed by atoms with E-state index in [4.69, 9.17) is 16.0 Å². The molecular formula is C14H8BrClO. The predicted molar refractivity (Wildman–Crippen MR) is 74.4 cm³/mol. The second kappa shape index (κ2) is 4.21. The zero-order valence-corrected chi connectivity index (χ0v) is 11.1. The SMILES string of the molecule is Clc1ccc2oc(-c3ccc(Br)cc3)cc2c1. The smallest absolute Gasteiger partial charge is 0.135 e. The summed E-state index contributed by atoms with van der Waals surface area (Å²) in [5.41, 5.74) is 1.91. The fraction of sp³-hybridized carbons (Fsp3) is 0. The molecule has 0 aliphatic heterocycles. The monoisotopic (exact) mass is 306 g/mol. The van der Waals surface area contributed by atoms with Gasteiger partial charge in [-0.05, 0) is 36.4 Å². The number of hydrogen-bond acceptors (Lipinski definition) is 1. The highest BCUT2D eigenvalue weighted by molar-refractivity contribution is 9.10. The van der Waals surface area contributed by atoms with Crippen molar-refractivity contribution in [2.24, 2.45) is 0 Å². The highest BCUT2D eigenvalue weighted by Crippen LogP contribution is 2.30. The Kier molecular flexibility index (Phi) is 2.69. The molecule has 3 rings (SSSR count). The second-order valence-electron chi connectivity index (χ2n) is 3.80. The third-order valence-corrected chi connectivity index (χ3v) is 3.37. The number of rotatable bonds is 1. The molecule has 0 bridgehead atoms. The maximum atomic E-state index is 5.95. The van der Waals surface area contributed by atoms with Crippen molar-refractivity contribution in [2.75, 3.05) is 0 Å². The van der Waals surface area contributed by atoms with Crippen molar-refractivity contribution in [3.8, 4) is 11.3 Å². The average molecular weight is 308 g/mol. The van der Waals surface area contributed by atoms with Crippen LogP contribution in [0.3, 0.4) is 0 Å². The molecule has 0 amide bonds. The molecule has 3 heteroatoms. The molecule has 0 fully saturated rings. The van der Waals surface area contributed by atoms with Gasteiger partial charge in [-0.25, -0.2) is 0 Å². The van der Waals surface area contributed by atoms with Crippen LogP contribution in [-0.2, 0) is 0 Å². The number of hydrogen-bond donors (Lipinski definition) is 0. The molecule has 2 aromatic carbocycles. The first-order valence-electron chi connectivity index (χ1n) is 5.17. The molecule has 0 unspecified atom stereocenters. The van der Waals surface area contributed by atoms with E-state index in [1.54, 1.807) is 0 Å². The van der Waals surface area contributed by atoms with Crippen LogP contribution in [0, 0.1) is 0 Å². The van der Waals surface area contributed by atoms with E-state index in [9.17, 15) is 0 Å². The molecule has 1 aromatic heterocycles. The van der Waals surface area contributed by atoms with E-state index < -0.39 is 0 Å². The minimum absolute atomic E-state index is 0.723. The van der Waals surface area contributed by atoms with Crippen molar-refractivity contribution in [3.63, 3.8) is 0 Å². The van der Waals surface area contributed by atoms with Crippen LogP contribution >= 0.6 is 27.5 Å². The van der Waals surface area contributed by atoms with Gasteiger partial charge in [0.25, 0.3) is 0 Å². The first kappa shape index (κ1) is 10.9. The average Bonchev–Trinajstić information content (AvgIpc) is 2.72. The Bertz CT molecular complexity index is 670. The maximum absolute atomic E-state index is 5.95. The van der Waals surface area contributed by atoms with Crippen LogP contribution in [0.25, 0.3) is 22.3 Å². The summed E-state index contributed by atoms with van der Waals surface area (Å²) in [5.74, 6) is 0.856. The number of furan rings is 1. The predicted octanol–water partition coefficient (Wildman–Crippen LogP) is 5.52. The summed E-state index contributed by atoms with van der Waals surface area (Å²) in [7, 11) is 0. The number of benzene rings is 2. The van der Waals surface area contributed by atoms with Crippen molar-refractivity contribution in [3.05, 3.63) is 58.0 Å². The van der Waals surface area contributed by atoms with E-state index in [1.165, 1.54) is 0 Å². The second-order valence-corrected chi connectivity index (χ2v) is 5.15. The van der Waals surface area contributed by atoms with Crippen molar-refractivity contribution >= 4 is 38.5 Å². The van der Waals surface area contributed by atoms with Gasteiger partial charge in [-0.1, -0.05) is 39.7 Å². The van der Waals surface area contributed by atoms with Gasteiger partial charge in [0.15, 0.2) is 0 Å². The summed E-state index contributed by atoms with van der Waals surface area (Å²) < 4.78 is 6.83. The first-order valence-corrected chi connectivity index (χ1v) is 6.34. The molecule has 0 aliphatic rings. The normalized spacial score (nSPS) is 10.9. The van der Waals surface area contributed by atoms with Gasteiger partial charge < -0.3 is 4.42 Å². The summed E-state index contributed by atoms with van der Waals surface area (Å²) in [5, 5.41) is 1.75. The minimum Gasteiger partial charge on any atom is -0.456 e. The van der Waals surface area contributed by atoms with Gasteiger partial charge in [0.05, 0.1) is 0 Å². The molecule has 0 saturated carbocycles. The van der Waals surface area contributed by atoms with Gasteiger partial charge in [0, 0.05) is 20.4 Å². The Balaban J connectivity index is 2.14. The Morgan fingerprint density at radius 1 is 0.941 bits per heavy atom. The standard InChI is InChI=1S/C14H8BrClO/c15-11-3-1-9(2-4-11)14-8-10-7-12(16)5-6-13(10)17-14/h1-8H. The van der Waals surface area contributed by atoms with Crippen molar-refractivity contribution in [1.29, 1.82) is 0 Å². The quantitative estimate of drug-likeness (QED) is 0.577. The van der Waals surface area contributed by atoms with E-state index in [0.29, 0.717) is 0 Å². The maximum Gasteiger partial charge on any atom is 0.135 e. The third-order valence-electron chi connectivity index (χ3n) is 2.61. The largest absolute Gasteiger partial charge is 0.456 e. The van der Waals surface area contributed by atoms with E-state index in [0.717, 1.165) is 31.8 Å². The van der Waals surface area contributed by atoms with Gasteiger partial charge in [-0.15, -0.1) is 0 Å². The van der Waals surface area contributed by atoms with Crippen molar-refractivity contribution < 1.29 is 4.42 Å². The summed E-state index contributed by atoms with van der Waals surface area (Å²) in [4.78, 5) is 0. The lowest BCUT2D eigenvalue weighted by Gasteiger charge is -1.95. The molecular weight excluding hydrogens is 300 g/mol. The van der Waals surface area contributed by atoms with Gasteiger partial charge in [0.1, 0.15) is 11.3 Å². The van der Waals surface area contributed by atoms with Crippen molar-refractivity contribution in [2.45, 2.75) is 0 Å². The molecule has 84 valence electrons. The van der Waals surface area contributed by atoms with Crippen LogP contribution in [0.1, 0.15) is 0 Å². The minimum atomic E-state index is 0.723. The Morgan fingerprint density at radius 3 is 2.47 bits per heavy atom. The molecule has 0 spiro atoms. The topological polar surface area (TPSA) is 13.1 Å². The number of fused-ring (bicyclic) bond motifs is 1. The first-order chi connectivity index (χ1) is 8.22. The van der Waals surface area contributed by atoms with Crippen LogP contribution in [-0.4, -0.2) is 0 Å². The zero-order valence-electron chi connectivity index (χ0n) is 8.78. The Morgan fingerprint density at radius 2 is 1.71 bits per heavy atom. The highest BCUT2D eigenvalue weighted by atomic mass is 79.9. The highest BCUT2D eigenvalue weighted by Gasteiger charge is 2.06. The van der Waals surface area contributed by atoms with Crippen LogP contribution in [0.5, 0.6) is 0 Å². The molecule has 0 saturated heterocycles. The molecule has 0 aliphatic carbocycles. The van der Waals surface area contributed by atoms with E-state index in [1.807, 2.05) is 48.5 Å². The van der Waals surface area contributed by atoms with Gasteiger partial charge in [0.2, 0.25) is 0 Å². The lowest BCUT2D eigenvalue weighted by atomic mass is 10.1. The lowest BCUT2D eigenvalue weighted by molar-refractivity contribution is 0.631. The van der Waals surface area contributed by atoms with Crippen LogP contribution in [0.4, 0.5) is 0 Å². The van der Waals surface area contributed by atoms with Crippen LogP contribution in [0.15, 0.2) is 57.4 Å². The zero-order chi connectivity index (χ0) is 11.8. The molecule has 0 N–H and O–H groups in total. The van der Waals surface area contributed by atoms with E-state index in [2.05, 4.69) is 15.9 Å². The van der Waals surface area contributed by atoms with E-state index in [-0.39, 0.29) is 0 Å². The lowest BCUT2D eigenvalue weighted by Crippen LogP contribution is -1.71. The van der Waals surface area contributed by atoms with Gasteiger partial charge in [-0.2, -0.15) is 0 Å². The molecule has 0 radical (unpaired) electrons. The number of halogens is 2. The van der Waals surface area contributed by atoms with Crippen LogP contribution in [0.2, 0.25) is 5.02 Å². The van der Waals surface area contributed by atoms with Crippen molar-refractivity contribution in [1.82, 2.24) is 0 Å². The molecule has 0 atom stereocenters. The summed E-state index contributed by atoms with van der Waals surface area (Å²) in [6.07, 6.45) is 0. The van der Waals surface area contributed by atoms with E-state index >= 15 is 0 Å². The van der Waals surface area contributed by atoms with Gasteiger partial charge >= 0.3 is 0 Å². The molecule has 3 aromatic rings. The summed E-state index contributed by atoms with van der Waals surface area (Å²) in [6, 6.07) is 15.7. The van der Waals surface area contributed by atoms with Gasteiger partial charge in [-0.3, -0.25) is 0 Å². The Hall–Kier alpha value is -1.25. The third kappa shape index (κ3) is 2.11. The molecule has 17 heavy (non-hydrogen) atoms. The Labute approximate surface area is 112 Å². The summed E-state index contributed by atoms with van der Waals surface area (Å²) in [6.45, 7) is 0. The molecule has 1 nitrogen and oxygen atoms in total. The molecule has 1 heterocycles.